The van der Waals surface area contributed by atoms with Gasteiger partial charge in [-0.1, -0.05) is 23.8 Å². The van der Waals surface area contributed by atoms with Gasteiger partial charge in [0.15, 0.2) is 11.0 Å². The van der Waals surface area contributed by atoms with Crippen LogP contribution >= 0.6 is 11.6 Å². The van der Waals surface area contributed by atoms with Gasteiger partial charge in [0.2, 0.25) is 5.95 Å². The molecule has 3 atom stereocenters. The lowest BCUT2D eigenvalue weighted by Crippen LogP contribution is -2.36. The zero-order chi connectivity index (χ0) is 24.4. The van der Waals surface area contributed by atoms with E-state index in [1.54, 1.807) is 10.8 Å². The fraction of sp³-hybridized carbons (Fsp3) is 0.500. The minimum absolute atomic E-state index is 0.115. The normalized spacial score (nSPS) is 23.6. The minimum atomic E-state index is -0.173. The molecular formula is C24H31ClN8O2. The van der Waals surface area contributed by atoms with Crippen LogP contribution in [0.1, 0.15) is 49.4 Å². The number of nitrogens with zero attached hydrogens (tertiary/aromatic N) is 4. The monoisotopic (exact) mass is 498 g/mol. The number of allylic oxidation sites excluding steroid dienone is 4. The Balaban J connectivity index is 1.26. The smallest absolute Gasteiger partial charge is 0.293 e. The highest BCUT2D eigenvalue weighted by Crippen LogP contribution is 2.33. The van der Waals surface area contributed by atoms with Gasteiger partial charge in [0.1, 0.15) is 12.3 Å². The molecule has 2 fully saturated rings. The summed E-state index contributed by atoms with van der Waals surface area (Å²) in [5.41, 5.74) is 13.9. The van der Waals surface area contributed by atoms with Gasteiger partial charge in [-0.05, 0) is 57.2 Å². The first-order valence-electron chi connectivity index (χ1n) is 12.1. The van der Waals surface area contributed by atoms with Crippen molar-refractivity contribution < 1.29 is 4.74 Å². The summed E-state index contributed by atoms with van der Waals surface area (Å²) in [6, 6.07) is 2.14. The van der Waals surface area contributed by atoms with Crippen molar-refractivity contribution in [2.45, 2.75) is 69.4 Å². The average molecular weight is 499 g/mol. The van der Waals surface area contributed by atoms with E-state index in [-0.39, 0.29) is 35.8 Å². The van der Waals surface area contributed by atoms with Crippen LogP contribution in [0.25, 0.3) is 0 Å². The van der Waals surface area contributed by atoms with Gasteiger partial charge in [0.05, 0.1) is 12.2 Å². The molecule has 0 aromatic carbocycles. The number of nitrogens with two attached hydrogens (primary N) is 2. The summed E-state index contributed by atoms with van der Waals surface area (Å²) in [6.45, 7) is 1.15. The molecule has 6 N–H and O–H groups in total. The van der Waals surface area contributed by atoms with Crippen molar-refractivity contribution in [1.29, 1.82) is 0 Å². The van der Waals surface area contributed by atoms with Crippen LogP contribution in [-0.2, 0) is 17.7 Å². The van der Waals surface area contributed by atoms with Gasteiger partial charge in [-0.15, -0.1) is 0 Å². The summed E-state index contributed by atoms with van der Waals surface area (Å²) in [5.74, 6) is 0.478. The molecule has 3 unspecified atom stereocenters. The second-order valence-corrected chi connectivity index (χ2v) is 9.68. The van der Waals surface area contributed by atoms with Crippen LogP contribution in [0.2, 0.25) is 5.15 Å². The standard InChI is InChI=1S/C24H31ClN8O2/c25-20-19(14-4-1-5-15(26)12-14)33(23(34)21(32-20)30-16-6-2-7-16)13-18-22(35-18)28-10-3-8-17-9-11-29-24(27)31-17/h1,4-5,9,11,14,16,18,22,28H,2-3,6-8,10,12-13,26H2,(H,30,32)(H2,27,29,31). The van der Waals surface area contributed by atoms with Gasteiger partial charge >= 0.3 is 0 Å². The first-order valence-corrected chi connectivity index (χ1v) is 12.5. The molecule has 11 heteroatoms. The van der Waals surface area contributed by atoms with Crippen LogP contribution in [-0.4, -0.2) is 44.4 Å². The fourth-order valence-electron chi connectivity index (χ4n) is 4.52. The molecule has 1 aliphatic heterocycles. The summed E-state index contributed by atoms with van der Waals surface area (Å²) in [5, 5.41) is 7.00. The fourth-order valence-corrected chi connectivity index (χ4v) is 4.85. The Morgan fingerprint density at radius 1 is 1.26 bits per heavy atom. The highest BCUT2D eigenvalue weighted by atomic mass is 35.5. The van der Waals surface area contributed by atoms with Crippen molar-refractivity contribution in [3.8, 4) is 0 Å². The Morgan fingerprint density at radius 2 is 2.11 bits per heavy atom. The summed E-state index contributed by atoms with van der Waals surface area (Å²) in [4.78, 5) is 26.1. The van der Waals surface area contributed by atoms with E-state index in [1.165, 1.54) is 0 Å². The van der Waals surface area contributed by atoms with E-state index in [4.69, 9.17) is 27.8 Å². The van der Waals surface area contributed by atoms with E-state index in [2.05, 4.69) is 25.6 Å². The predicted molar refractivity (Wildman–Crippen MR) is 135 cm³/mol. The van der Waals surface area contributed by atoms with E-state index in [0.29, 0.717) is 29.6 Å². The molecule has 0 bridgehead atoms. The molecule has 3 aliphatic rings. The number of hydrogen-bond donors (Lipinski definition) is 4. The van der Waals surface area contributed by atoms with E-state index in [0.717, 1.165) is 50.0 Å². The largest absolute Gasteiger partial charge is 0.402 e. The number of rotatable bonds is 10. The van der Waals surface area contributed by atoms with Gasteiger partial charge in [0, 0.05) is 29.5 Å². The maximum absolute atomic E-state index is 13.5. The van der Waals surface area contributed by atoms with Gasteiger partial charge in [-0.2, -0.15) is 0 Å². The molecule has 0 radical (unpaired) electrons. The second kappa shape index (κ2) is 10.3. The number of halogens is 1. The average Bonchev–Trinajstić information content (AvgIpc) is 3.54. The lowest BCUT2D eigenvalue weighted by atomic mass is 9.93. The first kappa shape index (κ1) is 23.8. The van der Waals surface area contributed by atoms with Gasteiger partial charge in [-0.3, -0.25) is 10.1 Å². The zero-order valence-electron chi connectivity index (χ0n) is 19.5. The number of epoxide rings is 1. The number of nitrogen functional groups attached to an aromatic ring is 1. The van der Waals surface area contributed by atoms with Crippen LogP contribution < -0.4 is 27.7 Å². The van der Waals surface area contributed by atoms with Gasteiger partial charge in [-0.25, -0.2) is 15.0 Å². The van der Waals surface area contributed by atoms with E-state index in [1.807, 2.05) is 24.3 Å². The van der Waals surface area contributed by atoms with Crippen LogP contribution in [0, 0.1) is 0 Å². The zero-order valence-corrected chi connectivity index (χ0v) is 20.2. The van der Waals surface area contributed by atoms with Crippen molar-refractivity contribution in [2.75, 3.05) is 17.6 Å². The molecule has 1 saturated carbocycles. The van der Waals surface area contributed by atoms with Crippen molar-refractivity contribution in [3.05, 3.63) is 63.1 Å². The predicted octanol–water partition coefficient (Wildman–Crippen LogP) is 2.07. The molecule has 0 spiro atoms. The first-order chi connectivity index (χ1) is 17.0. The van der Waals surface area contributed by atoms with Crippen molar-refractivity contribution in [1.82, 2.24) is 24.8 Å². The van der Waals surface area contributed by atoms with E-state index >= 15 is 0 Å². The second-order valence-electron chi connectivity index (χ2n) is 9.32. The third-order valence-corrected chi connectivity index (χ3v) is 6.98. The maximum atomic E-state index is 13.5. The molecule has 186 valence electrons. The highest BCUT2D eigenvalue weighted by molar-refractivity contribution is 6.30. The molecule has 2 aliphatic carbocycles. The third-order valence-electron chi connectivity index (χ3n) is 6.70. The number of ether oxygens (including phenoxy) is 1. The van der Waals surface area contributed by atoms with Crippen LogP contribution in [0.5, 0.6) is 0 Å². The molecule has 35 heavy (non-hydrogen) atoms. The third kappa shape index (κ3) is 5.66. The summed E-state index contributed by atoms with van der Waals surface area (Å²) in [7, 11) is 0. The lowest BCUT2D eigenvalue weighted by Gasteiger charge is -2.28. The summed E-state index contributed by atoms with van der Waals surface area (Å²) in [6.07, 6.45) is 12.7. The van der Waals surface area contributed by atoms with Gasteiger partial charge in [0.25, 0.3) is 5.56 Å². The molecule has 3 heterocycles. The number of anilines is 2. The van der Waals surface area contributed by atoms with Crippen LogP contribution in [0.15, 0.2) is 41.0 Å². The molecule has 1 saturated heterocycles. The Labute approximate surface area is 208 Å². The van der Waals surface area contributed by atoms with Crippen LogP contribution in [0.4, 0.5) is 11.8 Å². The molecule has 5 rings (SSSR count). The van der Waals surface area contributed by atoms with E-state index in [9.17, 15) is 4.79 Å². The Morgan fingerprint density at radius 3 is 2.86 bits per heavy atom. The Kier molecular flexibility index (Phi) is 7.03. The summed E-state index contributed by atoms with van der Waals surface area (Å²) >= 11 is 6.66. The molecule has 2 aromatic heterocycles. The van der Waals surface area contributed by atoms with Gasteiger partial charge < -0.3 is 26.1 Å². The van der Waals surface area contributed by atoms with Crippen LogP contribution in [0.3, 0.4) is 0 Å². The number of aryl methyl sites for hydroxylation is 1. The molecule has 0 amide bonds. The number of aromatic nitrogens is 4. The molecular weight excluding hydrogens is 468 g/mol. The minimum Gasteiger partial charge on any atom is -0.402 e. The number of hydrogen-bond acceptors (Lipinski definition) is 9. The highest BCUT2D eigenvalue weighted by Gasteiger charge is 2.40. The molecule has 10 nitrogen and oxygen atoms in total. The Bertz CT molecular complexity index is 1190. The topological polar surface area (TPSA) is 149 Å². The lowest BCUT2D eigenvalue weighted by molar-refractivity contribution is 0.330. The van der Waals surface area contributed by atoms with Crippen molar-refractivity contribution >= 4 is 23.4 Å². The molecule has 2 aromatic rings. The van der Waals surface area contributed by atoms with Crippen molar-refractivity contribution in [2.24, 2.45) is 5.73 Å². The maximum Gasteiger partial charge on any atom is 0.293 e. The Hall–Kier alpha value is -2.95. The van der Waals surface area contributed by atoms with Crippen molar-refractivity contribution in [3.63, 3.8) is 0 Å². The number of nitrogens with one attached hydrogen (secondary N) is 2. The SMILES string of the molecule is NC1=CC=CC(c2c(Cl)nc(NC3CCC3)c(=O)n2CC2OC2NCCCc2ccnc(N)n2)C1. The quantitative estimate of drug-likeness (QED) is 0.285. The van der Waals surface area contributed by atoms with E-state index < -0.39 is 0 Å². The summed E-state index contributed by atoms with van der Waals surface area (Å²) < 4.78 is 7.57.